The van der Waals surface area contributed by atoms with Crippen LogP contribution in [-0.2, 0) is 14.6 Å². The van der Waals surface area contributed by atoms with E-state index in [2.05, 4.69) is 10.4 Å². The molecule has 0 radical (unpaired) electrons. The highest BCUT2D eigenvalue weighted by Crippen LogP contribution is 2.34. The molecule has 1 N–H and O–H groups in total. The number of rotatable bonds is 5. The molecule has 1 saturated heterocycles. The molecular weight excluding hydrogens is 402 g/mol. The van der Waals surface area contributed by atoms with Gasteiger partial charge in [0.05, 0.1) is 29.0 Å². The smallest absolute Gasteiger partial charge is 0.235 e. The summed E-state index contributed by atoms with van der Waals surface area (Å²) in [6.45, 7) is 2.87. The average molecular weight is 424 g/mol. The zero-order valence-electron chi connectivity index (χ0n) is 15.4. The minimum Gasteiger partial charge on any atom is -0.486 e. The zero-order chi connectivity index (χ0) is 19.7. The van der Waals surface area contributed by atoms with Gasteiger partial charge >= 0.3 is 0 Å². The third kappa shape index (κ3) is 4.27. The molecule has 1 unspecified atom stereocenters. The third-order valence-electron chi connectivity index (χ3n) is 4.56. The van der Waals surface area contributed by atoms with Crippen LogP contribution in [0.1, 0.15) is 18.2 Å². The zero-order valence-corrected chi connectivity index (χ0v) is 17.0. The Morgan fingerprint density at radius 2 is 2.07 bits per heavy atom. The molecule has 0 bridgehead atoms. The first-order chi connectivity index (χ1) is 13.4. The lowest BCUT2D eigenvalue weighted by molar-refractivity contribution is -0.113. The Morgan fingerprint density at radius 3 is 2.82 bits per heavy atom. The second-order valence-electron chi connectivity index (χ2n) is 6.81. The number of anilines is 1. The maximum absolute atomic E-state index is 12.4. The molecule has 150 valence electrons. The van der Waals surface area contributed by atoms with Crippen molar-refractivity contribution in [1.82, 2.24) is 9.78 Å². The molecule has 0 aliphatic carbocycles. The van der Waals surface area contributed by atoms with Crippen LogP contribution in [-0.4, -0.2) is 54.6 Å². The first kappa shape index (κ1) is 19.1. The number of hydrogen-bond acceptors (Lipinski definition) is 7. The van der Waals surface area contributed by atoms with E-state index in [-0.39, 0.29) is 29.2 Å². The van der Waals surface area contributed by atoms with E-state index >= 15 is 0 Å². The van der Waals surface area contributed by atoms with E-state index < -0.39 is 9.84 Å². The summed E-state index contributed by atoms with van der Waals surface area (Å²) >= 11 is 1.39. The number of carbonyl (C=O) groups is 1. The van der Waals surface area contributed by atoms with Crippen molar-refractivity contribution in [2.75, 3.05) is 35.8 Å². The van der Waals surface area contributed by atoms with Gasteiger partial charge in [-0.05, 0) is 31.5 Å². The lowest BCUT2D eigenvalue weighted by Gasteiger charge is -2.18. The van der Waals surface area contributed by atoms with Crippen molar-refractivity contribution in [2.45, 2.75) is 24.3 Å². The first-order valence-electron chi connectivity index (χ1n) is 8.98. The highest BCUT2D eigenvalue weighted by Gasteiger charge is 2.31. The van der Waals surface area contributed by atoms with Crippen molar-refractivity contribution >= 4 is 33.3 Å². The van der Waals surface area contributed by atoms with Crippen molar-refractivity contribution in [3.05, 3.63) is 30.0 Å². The van der Waals surface area contributed by atoms with Crippen LogP contribution in [0.4, 0.5) is 5.82 Å². The Hall–Kier alpha value is -2.20. The fraction of sp³-hybridized carbons (Fsp3) is 0.444. The lowest BCUT2D eigenvalue weighted by atomic mass is 10.3. The van der Waals surface area contributed by atoms with Crippen molar-refractivity contribution in [1.29, 1.82) is 0 Å². The van der Waals surface area contributed by atoms with E-state index in [4.69, 9.17) is 9.47 Å². The summed E-state index contributed by atoms with van der Waals surface area (Å²) in [7, 11) is -3.03. The molecule has 1 atom stereocenters. The van der Waals surface area contributed by atoms with Crippen LogP contribution in [0.15, 0.2) is 29.2 Å². The van der Waals surface area contributed by atoms with Crippen LogP contribution >= 0.6 is 11.8 Å². The van der Waals surface area contributed by atoms with E-state index in [1.165, 1.54) is 11.8 Å². The van der Waals surface area contributed by atoms with Crippen molar-refractivity contribution < 1.29 is 22.7 Å². The Bertz CT molecular complexity index is 1000. The van der Waals surface area contributed by atoms with Gasteiger partial charge in [0, 0.05) is 11.0 Å². The van der Waals surface area contributed by atoms with Gasteiger partial charge in [0.25, 0.3) is 0 Å². The number of hydrogen-bond donors (Lipinski definition) is 1. The van der Waals surface area contributed by atoms with E-state index in [1.54, 1.807) is 10.7 Å². The summed E-state index contributed by atoms with van der Waals surface area (Å²) < 4.78 is 36.2. The highest BCUT2D eigenvalue weighted by atomic mass is 32.2. The number of carbonyl (C=O) groups excluding carboxylic acids is 1. The van der Waals surface area contributed by atoms with E-state index in [1.807, 2.05) is 25.1 Å². The number of amides is 1. The van der Waals surface area contributed by atoms with E-state index in [0.29, 0.717) is 37.0 Å². The van der Waals surface area contributed by atoms with Gasteiger partial charge in [-0.25, -0.2) is 13.1 Å². The van der Waals surface area contributed by atoms with Gasteiger partial charge in [-0.2, -0.15) is 5.10 Å². The molecule has 0 saturated carbocycles. The maximum atomic E-state index is 12.4. The molecule has 10 heteroatoms. The minimum absolute atomic E-state index is 0.0585. The Morgan fingerprint density at radius 1 is 1.29 bits per heavy atom. The Labute approximate surface area is 167 Å². The summed E-state index contributed by atoms with van der Waals surface area (Å²) in [6, 6.07) is 7.12. The molecule has 1 amide bonds. The molecule has 1 aromatic carbocycles. The van der Waals surface area contributed by atoms with Crippen molar-refractivity contribution in [3.63, 3.8) is 0 Å². The molecule has 2 aliphatic heterocycles. The molecular formula is C18H21N3O5S2. The second-order valence-corrected chi connectivity index (χ2v) is 10.1. The monoisotopic (exact) mass is 423 g/mol. The summed E-state index contributed by atoms with van der Waals surface area (Å²) in [5, 5.41) is 7.24. The predicted octanol–water partition coefficient (Wildman–Crippen LogP) is 2.05. The van der Waals surface area contributed by atoms with Crippen molar-refractivity contribution in [2.24, 2.45) is 0 Å². The first-order valence-corrected chi connectivity index (χ1v) is 11.8. The van der Waals surface area contributed by atoms with Gasteiger partial charge in [0.15, 0.2) is 21.3 Å². The largest absolute Gasteiger partial charge is 0.486 e. The molecule has 4 rings (SSSR count). The Kier molecular flexibility index (Phi) is 5.24. The number of fused-ring (bicyclic) bond motifs is 1. The normalized spacial score (nSPS) is 20.1. The van der Waals surface area contributed by atoms with Gasteiger partial charge in [-0.3, -0.25) is 4.79 Å². The molecule has 1 aromatic heterocycles. The fourth-order valence-electron chi connectivity index (χ4n) is 3.30. The molecule has 2 aromatic rings. The number of thioether (sulfide) groups is 1. The summed E-state index contributed by atoms with van der Waals surface area (Å²) in [5.74, 6) is 2.19. The van der Waals surface area contributed by atoms with Crippen LogP contribution in [0.2, 0.25) is 0 Å². The summed E-state index contributed by atoms with van der Waals surface area (Å²) in [4.78, 5) is 13.3. The van der Waals surface area contributed by atoms with E-state index in [0.717, 1.165) is 10.6 Å². The van der Waals surface area contributed by atoms with Crippen LogP contribution in [0.5, 0.6) is 11.5 Å². The minimum atomic E-state index is -3.03. The lowest BCUT2D eigenvalue weighted by Crippen LogP contribution is -2.20. The van der Waals surface area contributed by atoms with Crippen LogP contribution in [0.25, 0.3) is 0 Å². The number of nitrogens with one attached hydrogen (secondary N) is 1. The topological polar surface area (TPSA) is 99.5 Å². The third-order valence-corrected chi connectivity index (χ3v) is 7.31. The van der Waals surface area contributed by atoms with E-state index in [9.17, 15) is 13.2 Å². The number of ether oxygens (including phenoxy) is 2. The number of nitrogens with zero attached hydrogens (tertiary/aromatic N) is 2. The fourth-order valence-corrected chi connectivity index (χ4v) is 5.71. The summed E-state index contributed by atoms with van der Waals surface area (Å²) in [6.07, 6.45) is 0.512. The number of sulfone groups is 1. The Balaban J connectivity index is 1.39. The molecule has 1 fully saturated rings. The van der Waals surface area contributed by atoms with Crippen LogP contribution in [0.3, 0.4) is 0 Å². The molecule has 0 spiro atoms. The van der Waals surface area contributed by atoms with Gasteiger partial charge in [0.1, 0.15) is 19.0 Å². The SMILES string of the molecule is Cc1cc(NC(=O)CSc2ccc3c(c2)OCCO3)n(C2CCS(=O)(=O)C2)n1. The summed E-state index contributed by atoms with van der Waals surface area (Å²) in [5.41, 5.74) is 0.735. The standard InChI is InChI=1S/C18H21N3O5S2/c1-12-8-17(21(20-12)13-4-7-28(23,24)11-13)19-18(22)10-27-14-2-3-15-16(9-14)26-6-5-25-15/h2-3,8-9,13H,4-7,10-11H2,1H3,(H,19,22). The van der Waals surface area contributed by atoms with Crippen molar-refractivity contribution in [3.8, 4) is 11.5 Å². The molecule has 8 nitrogen and oxygen atoms in total. The average Bonchev–Trinajstić information content (AvgIpc) is 3.21. The quantitative estimate of drug-likeness (QED) is 0.735. The highest BCUT2D eigenvalue weighted by molar-refractivity contribution is 8.00. The van der Waals surface area contributed by atoms with Crippen LogP contribution in [0, 0.1) is 6.92 Å². The maximum Gasteiger partial charge on any atom is 0.235 e. The number of aromatic nitrogens is 2. The van der Waals surface area contributed by atoms with Gasteiger partial charge in [0.2, 0.25) is 5.91 Å². The molecule has 2 aliphatic rings. The molecule has 3 heterocycles. The van der Waals surface area contributed by atoms with Gasteiger partial charge in [-0.15, -0.1) is 11.8 Å². The van der Waals surface area contributed by atoms with Crippen LogP contribution < -0.4 is 14.8 Å². The number of benzene rings is 1. The van der Waals surface area contributed by atoms with Gasteiger partial charge < -0.3 is 14.8 Å². The van der Waals surface area contributed by atoms with Gasteiger partial charge in [-0.1, -0.05) is 0 Å². The predicted molar refractivity (Wildman–Crippen MR) is 106 cm³/mol. The molecule has 28 heavy (non-hydrogen) atoms. The second kappa shape index (κ2) is 7.67. The number of aryl methyl sites for hydroxylation is 1.